The second-order valence-electron chi connectivity index (χ2n) is 3.37. The highest BCUT2D eigenvalue weighted by molar-refractivity contribution is 6.35. The number of halogens is 2. The van der Waals surface area contributed by atoms with Crippen molar-refractivity contribution in [1.29, 1.82) is 0 Å². The number of aromatic nitrogens is 1. The van der Waals surface area contributed by atoms with Crippen LogP contribution in [-0.4, -0.2) is 17.4 Å². The Morgan fingerprint density at radius 1 is 1.29 bits per heavy atom. The van der Waals surface area contributed by atoms with Crippen LogP contribution in [0, 0.1) is 0 Å². The molecule has 3 nitrogen and oxygen atoms in total. The van der Waals surface area contributed by atoms with E-state index in [1.807, 2.05) is 0 Å². The molecule has 2 aromatic rings. The lowest BCUT2D eigenvalue weighted by Crippen LogP contribution is -2.12. The molecule has 0 saturated heterocycles. The zero-order valence-electron chi connectivity index (χ0n) is 8.74. The van der Waals surface area contributed by atoms with Crippen molar-refractivity contribution in [3.63, 3.8) is 0 Å². The van der Waals surface area contributed by atoms with Crippen molar-refractivity contribution in [1.82, 2.24) is 4.98 Å². The van der Waals surface area contributed by atoms with E-state index in [4.69, 9.17) is 27.9 Å². The number of H-pyrrole nitrogens is 1. The predicted molar refractivity (Wildman–Crippen MR) is 67.1 cm³/mol. The molecule has 17 heavy (non-hydrogen) atoms. The van der Waals surface area contributed by atoms with Crippen molar-refractivity contribution in [3.05, 3.63) is 52.3 Å². The van der Waals surface area contributed by atoms with E-state index >= 15 is 0 Å². The quantitative estimate of drug-likeness (QED) is 0.863. The molecule has 1 N–H and O–H groups in total. The minimum absolute atomic E-state index is 0.0676. The van der Waals surface area contributed by atoms with Gasteiger partial charge in [-0.25, -0.2) is 0 Å². The van der Waals surface area contributed by atoms with Crippen molar-refractivity contribution < 1.29 is 9.53 Å². The lowest BCUT2D eigenvalue weighted by molar-refractivity contribution is 0.0917. The van der Waals surface area contributed by atoms with Crippen LogP contribution in [-0.2, 0) is 0 Å². The summed E-state index contributed by atoms with van der Waals surface area (Å²) in [6.45, 7) is -0.0676. The van der Waals surface area contributed by atoms with Crippen LogP contribution in [0.25, 0.3) is 0 Å². The van der Waals surface area contributed by atoms with E-state index in [0.29, 0.717) is 21.5 Å². The molecular formula is C12H9Cl2NO2. The molecule has 0 aliphatic heterocycles. The molecule has 0 radical (unpaired) electrons. The monoisotopic (exact) mass is 269 g/mol. The first-order valence-electron chi connectivity index (χ1n) is 4.91. The van der Waals surface area contributed by atoms with E-state index in [0.717, 1.165) is 0 Å². The number of carbonyl (C=O) groups is 1. The largest absolute Gasteiger partial charge is 0.484 e. The van der Waals surface area contributed by atoms with Gasteiger partial charge in [0.1, 0.15) is 5.75 Å². The molecule has 1 aromatic carbocycles. The topological polar surface area (TPSA) is 42.1 Å². The number of carbonyl (C=O) groups excluding carboxylic acids is 1. The Kier molecular flexibility index (Phi) is 3.71. The molecule has 1 aromatic heterocycles. The average molecular weight is 270 g/mol. The summed E-state index contributed by atoms with van der Waals surface area (Å²) in [6, 6.07) is 8.30. The highest BCUT2D eigenvalue weighted by Gasteiger charge is 2.09. The number of Topliss-reactive ketones (excluding diaryl/α,β-unsaturated/α-hetero) is 1. The third-order valence-corrected chi connectivity index (χ3v) is 2.68. The average Bonchev–Trinajstić information content (AvgIpc) is 2.81. The number of hydrogen-bond acceptors (Lipinski definition) is 2. The molecule has 2 rings (SSSR count). The van der Waals surface area contributed by atoms with E-state index in [2.05, 4.69) is 4.98 Å². The Morgan fingerprint density at radius 2 is 2.12 bits per heavy atom. The Hall–Kier alpha value is -1.45. The molecule has 0 fully saturated rings. The normalized spacial score (nSPS) is 10.2. The van der Waals surface area contributed by atoms with Gasteiger partial charge >= 0.3 is 0 Å². The predicted octanol–water partition coefficient (Wildman–Crippen LogP) is 3.58. The Balaban J connectivity index is 2.01. The number of ketones is 1. The van der Waals surface area contributed by atoms with Crippen LogP contribution >= 0.6 is 23.2 Å². The summed E-state index contributed by atoms with van der Waals surface area (Å²) in [5.74, 6) is 0.303. The summed E-state index contributed by atoms with van der Waals surface area (Å²) in [4.78, 5) is 14.4. The van der Waals surface area contributed by atoms with Crippen LogP contribution in [0.15, 0.2) is 36.5 Å². The van der Waals surface area contributed by atoms with Crippen LogP contribution in [0.3, 0.4) is 0 Å². The van der Waals surface area contributed by atoms with E-state index in [1.54, 1.807) is 36.5 Å². The van der Waals surface area contributed by atoms with Crippen molar-refractivity contribution in [2.24, 2.45) is 0 Å². The smallest absolute Gasteiger partial charge is 0.216 e. The maximum atomic E-state index is 11.6. The fraction of sp³-hybridized carbons (Fsp3) is 0.0833. The van der Waals surface area contributed by atoms with Crippen LogP contribution < -0.4 is 4.74 Å². The molecule has 0 saturated carbocycles. The molecule has 0 aliphatic carbocycles. The van der Waals surface area contributed by atoms with E-state index < -0.39 is 0 Å². The van der Waals surface area contributed by atoms with Gasteiger partial charge in [0.2, 0.25) is 5.78 Å². The number of nitrogens with one attached hydrogen (secondary N) is 1. The first kappa shape index (κ1) is 12.0. The molecule has 0 bridgehead atoms. The van der Waals surface area contributed by atoms with Gasteiger partial charge < -0.3 is 9.72 Å². The summed E-state index contributed by atoms with van der Waals surface area (Å²) in [5, 5.41) is 0.912. The van der Waals surface area contributed by atoms with Crippen LogP contribution in [0.4, 0.5) is 0 Å². The first-order chi connectivity index (χ1) is 8.16. The minimum atomic E-state index is -0.138. The van der Waals surface area contributed by atoms with Gasteiger partial charge in [-0.05, 0) is 30.3 Å². The maximum Gasteiger partial charge on any atom is 0.216 e. The number of ether oxygens (including phenoxy) is 1. The van der Waals surface area contributed by atoms with E-state index in [1.165, 1.54) is 0 Å². The maximum absolute atomic E-state index is 11.6. The first-order valence-corrected chi connectivity index (χ1v) is 5.67. The Morgan fingerprint density at radius 3 is 2.76 bits per heavy atom. The van der Waals surface area contributed by atoms with Gasteiger partial charge in [-0.3, -0.25) is 4.79 Å². The second kappa shape index (κ2) is 5.25. The minimum Gasteiger partial charge on any atom is -0.484 e. The lowest BCUT2D eigenvalue weighted by atomic mass is 10.3. The van der Waals surface area contributed by atoms with Gasteiger partial charge in [0, 0.05) is 11.2 Å². The summed E-state index contributed by atoms with van der Waals surface area (Å²) < 4.78 is 5.32. The fourth-order valence-electron chi connectivity index (χ4n) is 1.32. The number of hydrogen-bond donors (Lipinski definition) is 1. The van der Waals surface area contributed by atoms with E-state index in [9.17, 15) is 4.79 Å². The molecule has 0 aliphatic rings. The van der Waals surface area contributed by atoms with Gasteiger partial charge in [0.05, 0.1) is 10.7 Å². The summed E-state index contributed by atoms with van der Waals surface area (Å²) in [7, 11) is 0. The summed E-state index contributed by atoms with van der Waals surface area (Å²) in [5.41, 5.74) is 0.509. The molecule has 0 spiro atoms. The van der Waals surface area contributed by atoms with Crippen molar-refractivity contribution in [2.45, 2.75) is 0 Å². The fourth-order valence-corrected chi connectivity index (χ4v) is 1.78. The van der Waals surface area contributed by atoms with Crippen LogP contribution in [0.2, 0.25) is 10.0 Å². The zero-order valence-corrected chi connectivity index (χ0v) is 10.3. The third kappa shape index (κ3) is 3.02. The SMILES string of the molecule is O=C(COc1ccc(Cl)cc1Cl)c1ccc[nH]1. The van der Waals surface area contributed by atoms with E-state index in [-0.39, 0.29) is 12.4 Å². The standard InChI is InChI=1S/C12H9Cl2NO2/c13-8-3-4-12(9(14)6-8)17-7-11(16)10-2-1-5-15-10/h1-6,15H,7H2. The number of benzene rings is 1. The highest BCUT2D eigenvalue weighted by Crippen LogP contribution is 2.27. The molecule has 88 valence electrons. The molecule has 0 atom stereocenters. The molecule has 1 heterocycles. The van der Waals surface area contributed by atoms with Crippen molar-refractivity contribution in [3.8, 4) is 5.75 Å². The zero-order chi connectivity index (χ0) is 12.3. The van der Waals surface area contributed by atoms with Crippen molar-refractivity contribution in [2.75, 3.05) is 6.61 Å². The lowest BCUT2D eigenvalue weighted by Gasteiger charge is -2.06. The van der Waals surface area contributed by atoms with Gasteiger partial charge in [0.15, 0.2) is 6.61 Å². The molecule has 0 amide bonds. The van der Waals surface area contributed by atoms with Gasteiger partial charge in [-0.2, -0.15) is 0 Å². The second-order valence-corrected chi connectivity index (χ2v) is 4.21. The number of rotatable bonds is 4. The van der Waals surface area contributed by atoms with Crippen LogP contribution in [0.1, 0.15) is 10.5 Å². The third-order valence-electron chi connectivity index (χ3n) is 2.15. The summed E-state index contributed by atoms with van der Waals surface area (Å²) in [6.07, 6.45) is 1.68. The van der Waals surface area contributed by atoms with Gasteiger partial charge in [-0.1, -0.05) is 23.2 Å². The molecular weight excluding hydrogens is 261 g/mol. The van der Waals surface area contributed by atoms with Crippen LogP contribution in [0.5, 0.6) is 5.75 Å². The Bertz CT molecular complexity index is 523. The van der Waals surface area contributed by atoms with Crippen molar-refractivity contribution >= 4 is 29.0 Å². The Labute approximate surface area is 108 Å². The highest BCUT2D eigenvalue weighted by atomic mass is 35.5. The molecule has 5 heteroatoms. The number of aromatic amines is 1. The summed E-state index contributed by atoms with van der Waals surface area (Å²) >= 11 is 11.7. The van der Waals surface area contributed by atoms with Gasteiger partial charge in [0.25, 0.3) is 0 Å². The molecule has 0 unspecified atom stereocenters. The van der Waals surface area contributed by atoms with Gasteiger partial charge in [-0.15, -0.1) is 0 Å².